The Bertz CT molecular complexity index is 765. The number of amides is 1. The Morgan fingerprint density at radius 2 is 1.65 bits per heavy atom. The molecule has 6 heteroatoms. The molecule has 0 saturated carbocycles. The Morgan fingerprint density at radius 1 is 1.04 bits per heavy atom. The van der Waals surface area contributed by atoms with E-state index in [2.05, 4.69) is 5.32 Å². The van der Waals surface area contributed by atoms with E-state index in [0.717, 1.165) is 5.56 Å². The number of carbonyl (C=O) groups excluding carboxylic acids is 1. The normalized spacial score (nSPS) is 11.0. The summed E-state index contributed by atoms with van der Waals surface area (Å²) in [5.41, 5.74) is 1.49. The molecule has 0 fully saturated rings. The molecule has 0 spiro atoms. The van der Waals surface area contributed by atoms with E-state index in [0.29, 0.717) is 18.0 Å². The summed E-state index contributed by atoms with van der Waals surface area (Å²) in [7, 11) is -3.65. The fourth-order valence-electron chi connectivity index (χ4n) is 2.00. The molecular weight excluding hydrogens is 314 g/mol. The number of anilines is 1. The van der Waals surface area contributed by atoms with Crippen LogP contribution in [0.1, 0.15) is 12.5 Å². The third-order valence-electron chi connectivity index (χ3n) is 3.15. The quantitative estimate of drug-likeness (QED) is 0.882. The molecule has 0 saturated heterocycles. The van der Waals surface area contributed by atoms with Gasteiger partial charge in [-0.15, -0.1) is 0 Å². The first-order chi connectivity index (χ1) is 10.9. The Labute approximate surface area is 136 Å². The van der Waals surface area contributed by atoms with Crippen molar-refractivity contribution in [3.8, 4) is 5.75 Å². The van der Waals surface area contributed by atoms with Crippen LogP contribution in [0, 0.1) is 6.92 Å². The van der Waals surface area contributed by atoms with Crippen molar-refractivity contribution < 1.29 is 17.9 Å². The molecule has 122 valence electrons. The van der Waals surface area contributed by atoms with Crippen molar-refractivity contribution >= 4 is 21.4 Å². The van der Waals surface area contributed by atoms with Crippen molar-refractivity contribution in [3.05, 3.63) is 54.1 Å². The standard InChI is InChI=1S/C17H19NO4S/c1-3-22-15-8-6-14(7-9-15)18-17(19)12-23(20,21)16-10-4-13(2)5-11-16/h4-11H,3,12H2,1-2H3,(H,18,19). The highest BCUT2D eigenvalue weighted by molar-refractivity contribution is 7.92. The first-order valence-corrected chi connectivity index (χ1v) is 8.88. The predicted octanol–water partition coefficient (Wildman–Crippen LogP) is 2.81. The van der Waals surface area contributed by atoms with Crippen molar-refractivity contribution in [3.63, 3.8) is 0 Å². The van der Waals surface area contributed by atoms with Gasteiger partial charge in [0.15, 0.2) is 9.84 Å². The molecular formula is C17H19NO4S. The molecule has 23 heavy (non-hydrogen) atoms. The molecule has 0 aliphatic heterocycles. The third kappa shape index (κ3) is 4.82. The van der Waals surface area contributed by atoms with Crippen molar-refractivity contribution in [2.45, 2.75) is 18.7 Å². The number of hydrogen-bond donors (Lipinski definition) is 1. The highest BCUT2D eigenvalue weighted by atomic mass is 32.2. The summed E-state index contributed by atoms with van der Waals surface area (Å²) in [6, 6.07) is 13.2. The van der Waals surface area contributed by atoms with Gasteiger partial charge in [-0.1, -0.05) is 17.7 Å². The maximum atomic E-state index is 12.2. The number of nitrogens with one attached hydrogen (secondary N) is 1. The van der Waals surface area contributed by atoms with Crippen molar-refractivity contribution in [2.24, 2.45) is 0 Å². The zero-order chi connectivity index (χ0) is 16.9. The average molecular weight is 333 g/mol. The predicted molar refractivity (Wildman–Crippen MR) is 89.5 cm³/mol. The highest BCUT2D eigenvalue weighted by Gasteiger charge is 2.19. The van der Waals surface area contributed by atoms with Gasteiger partial charge in [0.1, 0.15) is 11.5 Å². The maximum absolute atomic E-state index is 12.2. The average Bonchev–Trinajstić information content (AvgIpc) is 2.49. The number of benzene rings is 2. The van der Waals surface area contributed by atoms with Crippen LogP contribution in [-0.2, 0) is 14.6 Å². The monoisotopic (exact) mass is 333 g/mol. The molecule has 2 aromatic rings. The first-order valence-electron chi connectivity index (χ1n) is 7.23. The van der Waals surface area contributed by atoms with Gasteiger partial charge in [-0.05, 0) is 50.2 Å². The molecule has 0 atom stereocenters. The van der Waals surface area contributed by atoms with Gasteiger partial charge in [0, 0.05) is 5.69 Å². The van der Waals surface area contributed by atoms with Crippen molar-refractivity contribution in [1.82, 2.24) is 0 Å². The second-order valence-electron chi connectivity index (χ2n) is 5.08. The molecule has 0 aliphatic rings. The Kier molecular flexibility index (Phi) is 5.39. The molecule has 0 aliphatic carbocycles. The molecule has 2 aromatic carbocycles. The zero-order valence-electron chi connectivity index (χ0n) is 13.1. The second-order valence-corrected chi connectivity index (χ2v) is 7.07. The topological polar surface area (TPSA) is 72.5 Å². The van der Waals surface area contributed by atoms with Gasteiger partial charge >= 0.3 is 0 Å². The minimum absolute atomic E-state index is 0.143. The van der Waals surface area contributed by atoms with E-state index >= 15 is 0 Å². The molecule has 0 radical (unpaired) electrons. The third-order valence-corrected chi connectivity index (χ3v) is 4.78. The van der Waals surface area contributed by atoms with Gasteiger partial charge in [-0.3, -0.25) is 4.79 Å². The molecule has 2 rings (SSSR count). The summed E-state index contributed by atoms with van der Waals surface area (Å²) in [4.78, 5) is 12.1. The summed E-state index contributed by atoms with van der Waals surface area (Å²) in [6.07, 6.45) is 0. The molecule has 1 amide bonds. The summed E-state index contributed by atoms with van der Waals surface area (Å²) in [6.45, 7) is 4.31. The lowest BCUT2D eigenvalue weighted by atomic mass is 10.2. The summed E-state index contributed by atoms with van der Waals surface area (Å²) < 4.78 is 29.7. The van der Waals surface area contributed by atoms with Crippen LogP contribution in [0.2, 0.25) is 0 Å². The molecule has 5 nitrogen and oxygen atoms in total. The molecule has 0 bridgehead atoms. The Morgan fingerprint density at radius 3 is 2.22 bits per heavy atom. The Balaban J connectivity index is 2.02. The summed E-state index contributed by atoms with van der Waals surface area (Å²) in [5, 5.41) is 2.57. The summed E-state index contributed by atoms with van der Waals surface area (Å²) >= 11 is 0. The van der Waals surface area contributed by atoms with Gasteiger partial charge < -0.3 is 10.1 Å². The van der Waals surface area contributed by atoms with Crippen LogP contribution < -0.4 is 10.1 Å². The van der Waals surface area contributed by atoms with Crippen LogP contribution in [0.25, 0.3) is 0 Å². The smallest absolute Gasteiger partial charge is 0.239 e. The fourth-order valence-corrected chi connectivity index (χ4v) is 3.13. The van der Waals surface area contributed by atoms with Crippen LogP contribution >= 0.6 is 0 Å². The lowest BCUT2D eigenvalue weighted by Crippen LogP contribution is -2.23. The van der Waals surface area contributed by atoms with Crippen LogP contribution in [0.3, 0.4) is 0 Å². The van der Waals surface area contributed by atoms with Crippen LogP contribution in [0.15, 0.2) is 53.4 Å². The molecule has 0 unspecified atom stereocenters. The molecule has 0 aromatic heterocycles. The van der Waals surface area contributed by atoms with Crippen LogP contribution in [0.5, 0.6) is 5.75 Å². The van der Waals surface area contributed by atoms with E-state index in [9.17, 15) is 13.2 Å². The van der Waals surface area contributed by atoms with Crippen LogP contribution in [0.4, 0.5) is 5.69 Å². The van der Waals surface area contributed by atoms with E-state index in [4.69, 9.17) is 4.74 Å². The number of sulfone groups is 1. The minimum atomic E-state index is -3.65. The van der Waals surface area contributed by atoms with Crippen molar-refractivity contribution in [1.29, 1.82) is 0 Å². The largest absolute Gasteiger partial charge is 0.494 e. The zero-order valence-corrected chi connectivity index (χ0v) is 13.9. The Hall–Kier alpha value is -2.34. The lowest BCUT2D eigenvalue weighted by Gasteiger charge is -2.08. The van der Waals surface area contributed by atoms with Gasteiger partial charge in [0.05, 0.1) is 11.5 Å². The second kappa shape index (κ2) is 7.28. The number of ether oxygens (including phenoxy) is 1. The fraction of sp³-hybridized carbons (Fsp3) is 0.235. The van der Waals surface area contributed by atoms with Gasteiger partial charge in [0.25, 0.3) is 0 Å². The first kappa shape index (κ1) is 17.0. The van der Waals surface area contributed by atoms with Gasteiger partial charge in [-0.2, -0.15) is 0 Å². The lowest BCUT2D eigenvalue weighted by molar-refractivity contribution is -0.113. The summed E-state index contributed by atoms with van der Waals surface area (Å²) in [5.74, 6) is -0.476. The van der Waals surface area contributed by atoms with E-state index < -0.39 is 21.5 Å². The van der Waals surface area contributed by atoms with Gasteiger partial charge in [-0.25, -0.2) is 8.42 Å². The molecule has 1 N–H and O–H groups in total. The number of rotatable bonds is 6. The van der Waals surface area contributed by atoms with E-state index in [1.165, 1.54) is 12.1 Å². The highest BCUT2D eigenvalue weighted by Crippen LogP contribution is 2.16. The maximum Gasteiger partial charge on any atom is 0.239 e. The minimum Gasteiger partial charge on any atom is -0.494 e. The van der Waals surface area contributed by atoms with Crippen LogP contribution in [-0.4, -0.2) is 26.7 Å². The molecule has 0 heterocycles. The van der Waals surface area contributed by atoms with Crippen molar-refractivity contribution in [2.75, 3.05) is 17.7 Å². The van der Waals surface area contributed by atoms with E-state index in [1.807, 2.05) is 13.8 Å². The SMILES string of the molecule is CCOc1ccc(NC(=O)CS(=O)(=O)c2ccc(C)cc2)cc1. The van der Waals surface area contributed by atoms with E-state index in [1.54, 1.807) is 36.4 Å². The number of carbonyl (C=O) groups is 1. The van der Waals surface area contributed by atoms with E-state index in [-0.39, 0.29) is 4.90 Å². The number of aryl methyl sites for hydroxylation is 1. The number of hydrogen-bond acceptors (Lipinski definition) is 4. The van der Waals surface area contributed by atoms with Gasteiger partial charge in [0.2, 0.25) is 5.91 Å².